The zero-order chi connectivity index (χ0) is 18.1. The molecular weight excluding hydrogens is 328 g/mol. The normalized spacial score (nSPS) is 40.7. The second-order valence-electron chi connectivity index (χ2n) is 9.23. The average molecular weight is 359 g/mol. The molecule has 6 nitrogen and oxygen atoms in total. The van der Waals surface area contributed by atoms with Gasteiger partial charge in [-0.3, -0.25) is 4.79 Å². The molecule has 2 heterocycles. The number of hydrogen-bond acceptors (Lipinski definition) is 6. The second-order valence-corrected chi connectivity index (χ2v) is 13.9. The van der Waals surface area contributed by atoms with E-state index in [2.05, 4.69) is 41.5 Å². The number of esters is 1. The maximum atomic E-state index is 12.0. The number of aliphatic hydroxyl groups excluding tert-OH is 1. The fraction of sp³-hybridized carbons (Fsp3) is 0.941. The van der Waals surface area contributed by atoms with Crippen LogP contribution in [-0.2, 0) is 23.1 Å². The first-order valence-electron chi connectivity index (χ1n) is 8.68. The summed E-state index contributed by atoms with van der Waals surface area (Å²) >= 11 is 0. The maximum absolute atomic E-state index is 12.0. The molecule has 1 N–H and O–H groups in total. The zero-order valence-electron chi connectivity index (χ0n) is 15.7. The largest absolute Gasteiger partial charge is 0.469 e. The van der Waals surface area contributed by atoms with Crippen LogP contribution in [0.25, 0.3) is 0 Å². The van der Waals surface area contributed by atoms with Crippen molar-refractivity contribution in [1.82, 2.24) is 0 Å². The standard InChI is InChI=1S/C17H30O6Si/c1-16(2,3)24(17(4,5)6)22-12-9(8-18)21-13-10(14(12)23-24)11(13)15(19)20-7/h9-14,18H,8H2,1-7H3/t9-,10+,11+,12+,13+,14-/m1/s1. The fourth-order valence-corrected chi connectivity index (χ4v) is 9.75. The quantitative estimate of drug-likeness (QED) is 0.601. The summed E-state index contributed by atoms with van der Waals surface area (Å²) in [7, 11) is -1.26. The molecule has 0 bridgehead atoms. The summed E-state index contributed by atoms with van der Waals surface area (Å²) in [6.45, 7) is 12.8. The molecule has 7 heteroatoms. The van der Waals surface area contributed by atoms with Crippen LogP contribution >= 0.6 is 0 Å². The van der Waals surface area contributed by atoms with Crippen LogP contribution in [0, 0.1) is 11.8 Å². The molecule has 3 rings (SSSR count). The molecule has 0 aromatic carbocycles. The van der Waals surface area contributed by atoms with Gasteiger partial charge in [0, 0.05) is 16.0 Å². The molecule has 3 aliphatic rings. The summed E-state index contributed by atoms with van der Waals surface area (Å²) < 4.78 is 24.2. The van der Waals surface area contributed by atoms with E-state index in [4.69, 9.17) is 18.3 Å². The Hall–Kier alpha value is -0.473. The Bertz CT molecular complexity index is 508. The minimum absolute atomic E-state index is 0.0377. The van der Waals surface area contributed by atoms with E-state index in [1.165, 1.54) is 7.11 Å². The highest BCUT2D eigenvalue weighted by Gasteiger charge is 2.74. The molecule has 138 valence electrons. The molecule has 3 fully saturated rings. The van der Waals surface area contributed by atoms with Gasteiger partial charge in [-0.1, -0.05) is 41.5 Å². The zero-order valence-corrected chi connectivity index (χ0v) is 16.7. The van der Waals surface area contributed by atoms with Gasteiger partial charge in [-0.25, -0.2) is 0 Å². The number of fused-ring (bicyclic) bond motifs is 3. The van der Waals surface area contributed by atoms with Crippen LogP contribution < -0.4 is 0 Å². The van der Waals surface area contributed by atoms with Crippen LogP contribution in [0.15, 0.2) is 0 Å². The molecule has 0 amide bonds. The Labute approximate surface area is 145 Å². The number of carbonyl (C=O) groups excluding carboxylic acids is 1. The lowest BCUT2D eigenvalue weighted by Gasteiger charge is -2.45. The van der Waals surface area contributed by atoms with Gasteiger partial charge in [0.15, 0.2) is 0 Å². The lowest BCUT2D eigenvalue weighted by molar-refractivity contribution is -0.144. The second kappa shape index (κ2) is 5.51. The molecule has 24 heavy (non-hydrogen) atoms. The third-order valence-corrected chi connectivity index (χ3v) is 10.8. The van der Waals surface area contributed by atoms with Crippen molar-refractivity contribution in [2.24, 2.45) is 11.8 Å². The first kappa shape index (κ1) is 18.3. The lowest BCUT2D eigenvalue weighted by atomic mass is 10.0. The van der Waals surface area contributed by atoms with Crippen LogP contribution in [-0.4, -0.2) is 57.8 Å². The molecule has 6 atom stereocenters. The molecule has 0 spiro atoms. The van der Waals surface area contributed by atoms with E-state index in [-0.39, 0.29) is 52.8 Å². The molecule has 2 saturated heterocycles. The molecule has 0 radical (unpaired) electrons. The summed E-state index contributed by atoms with van der Waals surface area (Å²) in [4.78, 5) is 12.0. The van der Waals surface area contributed by atoms with Gasteiger partial charge < -0.3 is 23.4 Å². The molecule has 1 aliphatic carbocycles. The Morgan fingerprint density at radius 2 is 1.58 bits per heavy atom. The van der Waals surface area contributed by atoms with Gasteiger partial charge in [-0.15, -0.1) is 0 Å². The van der Waals surface area contributed by atoms with Gasteiger partial charge in [-0.05, 0) is 0 Å². The number of carbonyl (C=O) groups is 1. The molecule has 0 aromatic heterocycles. The number of aliphatic hydroxyl groups is 1. The van der Waals surface area contributed by atoms with Crippen LogP contribution in [0.2, 0.25) is 10.1 Å². The summed E-state index contributed by atoms with van der Waals surface area (Å²) in [5.41, 5.74) is 0. The van der Waals surface area contributed by atoms with Crippen molar-refractivity contribution in [2.45, 2.75) is 76.0 Å². The molecule has 0 unspecified atom stereocenters. The Morgan fingerprint density at radius 1 is 1.04 bits per heavy atom. The van der Waals surface area contributed by atoms with Gasteiger partial charge in [0.1, 0.15) is 12.2 Å². The van der Waals surface area contributed by atoms with Gasteiger partial charge in [-0.2, -0.15) is 0 Å². The van der Waals surface area contributed by atoms with Crippen molar-refractivity contribution in [3.63, 3.8) is 0 Å². The van der Waals surface area contributed by atoms with Crippen LogP contribution in [0.4, 0.5) is 0 Å². The van der Waals surface area contributed by atoms with E-state index in [1.807, 2.05) is 0 Å². The highest BCUT2D eigenvalue weighted by molar-refractivity contribution is 6.74. The summed E-state index contributed by atoms with van der Waals surface area (Å²) in [6.07, 6.45) is -1.22. The fourth-order valence-electron chi connectivity index (χ4n) is 4.69. The van der Waals surface area contributed by atoms with Crippen LogP contribution in [0.5, 0.6) is 0 Å². The number of methoxy groups -OCH3 is 1. The summed E-state index contributed by atoms with van der Waals surface area (Å²) in [5, 5.41) is 9.48. The summed E-state index contributed by atoms with van der Waals surface area (Å²) in [5.74, 6) is -0.617. The third-order valence-electron chi connectivity index (χ3n) is 5.64. The van der Waals surface area contributed by atoms with Crippen LogP contribution in [0.1, 0.15) is 41.5 Å². The lowest BCUT2D eigenvalue weighted by Crippen LogP contribution is -2.54. The average Bonchev–Trinajstić information content (AvgIpc) is 3.02. The van der Waals surface area contributed by atoms with Gasteiger partial charge in [0.2, 0.25) is 0 Å². The Balaban J connectivity index is 1.96. The molecule has 2 aliphatic heterocycles. The van der Waals surface area contributed by atoms with Crippen LogP contribution in [0.3, 0.4) is 0 Å². The van der Waals surface area contributed by atoms with E-state index in [0.717, 1.165) is 0 Å². The van der Waals surface area contributed by atoms with Gasteiger partial charge in [0.05, 0.1) is 31.8 Å². The van der Waals surface area contributed by atoms with E-state index in [9.17, 15) is 9.90 Å². The minimum Gasteiger partial charge on any atom is -0.469 e. The van der Waals surface area contributed by atoms with Crippen molar-refractivity contribution in [3.05, 3.63) is 0 Å². The Morgan fingerprint density at radius 3 is 2.04 bits per heavy atom. The van der Waals surface area contributed by atoms with Crippen molar-refractivity contribution in [3.8, 4) is 0 Å². The minimum atomic E-state index is -2.65. The topological polar surface area (TPSA) is 74.2 Å². The molecular formula is C17H30O6Si. The van der Waals surface area contributed by atoms with Gasteiger partial charge >= 0.3 is 14.5 Å². The number of hydrogen-bond donors (Lipinski definition) is 1. The van der Waals surface area contributed by atoms with Crippen molar-refractivity contribution >= 4 is 14.5 Å². The van der Waals surface area contributed by atoms with E-state index in [1.54, 1.807) is 0 Å². The maximum Gasteiger partial charge on any atom is 0.350 e. The SMILES string of the molecule is COC(=O)[C@@H]1[C@H]2O[C@H](CO)[C@@H]3O[Si](C(C)(C)C)(C(C)(C)C)O[C@@H]3[C@H]21. The molecule has 0 aromatic rings. The summed E-state index contributed by atoms with van der Waals surface area (Å²) in [6, 6.07) is 0. The first-order valence-corrected chi connectivity index (χ1v) is 10.5. The predicted molar refractivity (Wildman–Crippen MR) is 89.7 cm³/mol. The van der Waals surface area contributed by atoms with Crippen molar-refractivity contribution < 1.29 is 28.2 Å². The number of rotatable bonds is 2. The van der Waals surface area contributed by atoms with E-state index in [0.29, 0.717) is 0 Å². The van der Waals surface area contributed by atoms with Crippen molar-refractivity contribution in [1.29, 1.82) is 0 Å². The van der Waals surface area contributed by atoms with E-state index < -0.39 is 14.7 Å². The highest BCUT2D eigenvalue weighted by atomic mass is 28.4. The van der Waals surface area contributed by atoms with Crippen molar-refractivity contribution in [2.75, 3.05) is 13.7 Å². The monoisotopic (exact) mass is 358 g/mol. The first-order chi connectivity index (χ1) is 11.0. The molecule has 1 saturated carbocycles. The smallest absolute Gasteiger partial charge is 0.350 e. The predicted octanol–water partition coefficient (Wildman–Crippen LogP) is 1.99. The highest BCUT2D eigenvalue weighted by Crippen LogP contribution is 2.62. The van der Waals surface area contributed by atoms with E-state index >= 15 is 0 Å². The third kappa shape index (κ3) is 2.40. The van der Waals surface area contributed by atoms with Gasteiger partial charge in [0.25, 0.3) is 0 Å². The number of ether oxygens (including phenoxy) is 2. The Kier molecular flexibility index (Phi) is 4.21.